The zero-order valence-electron chi connectivity index (χ0n) is 24.6. The van der Waals surface area contributed by atoms with Crippen molar-refractivity contribution >= 4 is 34.9 Å². The van der Waals surface area contributed by atoms with Crippen molar-refractivity contribution in [1.82, 2.24) is 25.9 Å². The predicted molar refractivity (Wildman–Crippen MR) is 176 cm³/mol. The van der Waals surface area contributed by atoms with E-state index in [9.17, 15) is 9.59 Å². The maximum Gasteiger partial charge on any atom is 0.328 e. The number of benzene rings is 4. The van der Waals surface area contributed by atoms with Crippen LogP contribution in [0.2, 0.25) is 0 Å². The number of hydrogen-bond donors (Lipinski definition) is 6. The van der Waals surface area contributed by atoms with Gasteiger partial charge in [0.05, 0.1) is 23.5 Å². The average molecular weight is 602 g/mol. The number of para-hydroxylation sites is 2. The Morgan fingerprint density at radius 3 is 2.09 bits per heavy atom. The molecule has 0 saturated heterocycles. The van der Waals surface area contributed by atoms with E-state index in [1.807, 2.05) is 109 Å². The van der Waals surface area contributed by atoms with Gasteiger partial charge in [0.1, 0.15) is 12.4 Å². The third-order valence-electron chi connectivity index (χ3n) is 7.01. The molecule has 0 bridgehead atoms. The summed E-state index contributed by atoms with van der Waals surface area (Å²) in [7, 11) is 0. The van der Waals surface area contributed by atoms with Gasteiger partial charge in [-0.05, 0) is 40.8 Å². The van der Waals surface area contributed by atoms with E-state index in [1.54, 1.807) is 0 Å². The second-order valence-electron chi connectivity index (χ2n) is 10.4. The highest BCUT2D eigenvalue weighted by molar-refractivity contribution is 6.03. The Bertz CT molecular complexity index is 1770. The van der Waals surface area contributed by atoms with Gasteiger partial charge in [0, 0.05) is 6.54 Å². The van der Waals surface area contributed by atoms with Gasteiger partial charge in [0.15, 0.2) is 11.9 Å². The summed E-state index contributed by atoms with van der Waals surface area (Å²) in [4.78, 5) is 41.6. The Kier molecular flexibility index (Phi) is 10.1. The molecule has 0 fully saturated rings. The summed E-state index contributed by atoms with van der Waals surface area (Å²) in [6, 6.07) is 34.4. The standard InChI is InChI=1S/C34H35N9O2/c35-32(42-34(45)43-33(36)39-22-30-40-28-16-7-8-17-29(28)41-30)38-21-25-13-9-12-24(18-25)20-37-31(44)27(26-14-5-2-6-15-26)19-23-10-3-1-4-11-23/h1-18,27H,19-22H2,(H,37,44)(H,40,41)(H6,35,36,38,39,42,43,45). The van der Waals surface area contributed by atoms with E-state index < -0.39 is 6.03 Å². The normalized spacial score (nSPS) is 12.4. The molecule has 0 radical (unpaired) electrons. The number of carbonyl (C=O) groups is 2. The lowest BCUT2D eigenvalue weighted by Crippen LogP contribution is -2.48. The van der Waals surface area contributed by atoms with Crippen LogP contribution in [0.5, 0.6) is 0 Å². The molecule has 3 amide bonds. The molecule has 8 N–H and O–H groups in total. The largest absolute Gasteiger partial charge is 0.370 e. The predicted octanol–water partition coefficient (Wildman–Crippen LogP) is 3.83. The van der Waals surface area contributed by atoms with Gasteiger partial charge in [0.25, 0.3) is 0 Å². The molecule has 5 rings (SSSR count). The molecule has 228 valence electrons. The number of nitrogens with one attached hydrogen (secondary N) is 4. The maximum absolute atomic E-state index is 13.3. The first-order chi connectivity index (χ1) is 21.9. The number of urea groups is 1. The molecule has 1 aromatic heterocycles. The fraction of sp³-hybridized carbons (Fsp3) is 0.147. The molecule has 1 unspecified atom stereocenters. The first-order valence-corrected chi connectivity index (χ1v) is 14.5. The molecular weight excluding hydrogens is 566 g/mol. The number of rotatable bonds is 10. The van der Waals surface area contributed by atoms with Crippen LogP contribution in [0, 0.1) is 0 Å². The van der Waals surface area contributed by atoms with Crippen molar-refractivity contribution in [2.45, 2.75) is 32.0 Å². The highest BCUT2D eigenvalue weighted by Gasteiger charge is 2.21. The van der Waals surface area contributed by atoms with Crippen molar-refractivity contribution in [3.8, 4) is 0 Å². The summed E-state index contributed by atoms with van der Waals surface area (Å²) in [5.41, 5.74) is 17.3. The van der Waals surface area contributed by atoms with Gasteiger partial charge in [-0.15, -0.1) is 0 Å². The van der Waals surface area contributed by atoms with Crippen LogP contribution in [0.3, 0.4) is 0 Å². The first-order valence-electron chi connectivity index (χ1n) is 14.5. The van der Waals surface area contributed by atoms with E-state index in [2.05, 4.69) is 35.9 Å². The van der Waals surface area contributed by atoms with Crippen LogP contribution < -0.4 is 27.4 Å². The molecule has 45 heavy (non-hydrogen) atoms. The van der Waals surface area contributed by atoms with Gasteiger partial charge in [-0.3, -0.25) is 15.4 Å². The number of guanidine groups is 2. The van der Waals surface area contributed by atoms with E-state index in [1.165, 1.54) is 0 Å². The quantitative estimate of drug-likeness (QED) is 0.105. The number of H-pyrrole nitrogens is 1. The Morgan fingerprint density at radius 1 is 0.733 bits per heavy atom. The lowest BCUT2D eigenvalue weighted by Gasteiger charge is -2.18. The Hall–Kier alpha value is -5.97. The number of amides is 3. The van der Waals surface area contributed by atoms with Crippen LogP contribution in [0.4, 0.5) is 4.79 Å². The highest BCUT2D eigenvalue weighted by Crippen LogP contribution is 2.21. The molecule has 11 heteroatoms. The van der Waals surface area contributed by atoms with Crippen LogP contribution in [-0.2, 0) is 30.8 Å². The van der Waals surface area contributed by atoms with Gasteiger partial charge in [0.2, 0.25) is 5.91 Å². The Balaban J connectivity index is 1.11. The summed E-state index contributed by atoms with van der Waals surface area (Å²) >= 11 is 0. The van der Waals surface area contributed by atoms with Gasteiger partial charge >= 0.3 is 6.03 Å². The van der Waals surface area contributed by atoms with E-state index in [-0.39, 0.29) is 36.8 Å². The van der Waals surface area contributed by atoms with Crippen LogP contribution in [0.15, 0.2) is 119 Å². The van der Waals surface area contributed by atoms with Crippen molar-refractivity contribution in [2.75, 3.05) is 0 Å². The molecule has 1 heterocycles. The zero-order chi connectivity index (χ0) is 31.4. The summed E-state index contributed by atoms with van der Waals surface area (Å²) in [5, 5.41) is 7.95. The maximum atomic E-state index is 13.3. The van der Waals surface area contributed by atoms with Crippen molar-refractivity contribution < 1.29 is 9.59 Å². The molecule has 0 spiro atoms. The number of fused-ring (bicyclic) bond motifs is 1. The molecule has 0 aliphatic heterocycles. The smallest absolute Gasteiger partial charge is 0.328 e. The number of carbonyl (C=O) groups excluding carboxylic acids is 2. The number of nitrogens with zero attached hydrogens (tertiary/aromatic N) is 3. The second-order valence-corrected chi connectivity index (χ2v) is 10.4. The molecule has 5 aromatic rings. The number of aromatic amines is 1. The number of nitrogens with two attached hydrogens (primary N) is 2. The third-order valence-corrected chi connectivity index (χ3v) is 7.01. The minimum Gasteiger partial charge on any atom is -0.370 e. The molecular formula is C34H35N9O2. The van der Waals surface area contributed by atoms with Crippen molar-refractivity contribution in [3.63, 3.8) is 0 Å². The monoisotopic (exact) mass is 601 g/mol. The van der Waals surface area contributed by atoms with E-state index in [4.69, 9.17) is 11.5 Å². The number of aromatic nitrogens is 2. The minimum absolute atomic E-state index is 0.0478. The summed E-state index contributed by atoms with van der Waals surface area (Å²) in [5.74, 6) is 0.0835. The van der Waals surface area contributed by atoms with Gasteiger partial charge in [-0.25, -0.2) is 19.8 Å². The lowest BCUT2D eigenvalue weighted by atomic mass is 9.91. The lowest BCUT2D eigenvalue weighted by molar-refractivity contribution is -0.122. The summed E-state index contributed by atoms with van der Waals surface area (Å²) in [6.45, 7) is 0.753. The fourth-order valence-corrected chi connectivity index (χ4v) is 4.81. The van der Waals surface area contributed by atoms with Gasteiger partial charge in [-0.1, -0.05) is 97.1 Å². The van der Waals surface area contributed by atoms with Crippen LogP contribution in [-0.4, -0.2) is 33.8 Å². The zero-order valence-corrected chi connectivity index (χ0v) is 24.6. The summed E-state index contributed by atoms with van der Waals surface area (Å²) in [6.07, 6.45) is 0.601. The number of aliphatic imine (C=N–C) groups is 2. The first kappa shape index (κ1) is 30.5. The fourth-order valence-electron chi connectivity index (χ4n) is 4.81. The Labute approximate surface area is 260 Å². The second kappa shape index (κ2) is 15.0. The molecule has 0 aliphatic rings. The minimum atomic E-state index is -0.665. The van der Waals surface area contributed by atoms with Crippen molar-refractivity contribution in [1.29, 1.82) is 0 Å². The Morgan fingerprint density at radius 2 is 1.36 bits per heavy atom. The topological polar surface area (TPSA) is 176 Å². The highest BCUT2D eigenvalue weighted by atomic mass is 16.2. The van der Waals surface area contributed by atoms with E-state index >= 15 is 0 Å². The van der Waals surface area contributed by atoms with E-state index in [0.717, 1.165) is 33.3 Å². The van der Waals surface area contributed by atoms with Crippen molar-refractivity contribution in [3.05, 3.63) is 137 Å². The average Bonchev–Trinajstić information content (AvgIpc) is 3.48. The number of imidazole rings is 1. The SMILES string of the molecule is NC(=NCc1cccc(CNC(=O)C(Cc2ccccc2)c2ccccc2)c1)NC(=O)NC(N)=NCc1nc2ccccc2[nH]1. The van der Waals surface area contributed by atoms with Gasteiger partial charge < -0.3 is 21.8 Å². The van der Waals surface area contributed by atoms with Gasteiger partial charge in [-0.2, -0.15) is 0 Å². The molecule has 11 nitrogen and oxygen atoms in total. The van der Waals surface area contributed by atoms with Crippen LogP contribution >= 0.6 is 0 Å². The third kappa shape index (κ3) is 9.01. The molecule has 0 aliphatic carbocycles. The number of hydrogen-bond acceptors (Lipinski definition) is 5. The van der Waals surface area contributed by atoms with Crippen LogP contribution in [0.25, 0.3) is 11.0 Å². The molecule has 4 aromatic carbocycles. The molecule has 0 saturated carbocycles. The van der Waals surface area contributed by atoms with Crippen molar-refractivity contribution in [2.24, 2.45) is 21.5 Å². The molecule has 1 atom stereocenters. The van der Waals surface area contributed by atoms with Crippen LogP contribution in [0.1, 0.15) is 34.0 Å². The van der Waals surface area contributed by atoms with E-state index in [0.29, 0.717) is 18.8 Å². The summed E-state index contributed by atoms with van der Waals surface area (Å²) < 4.78 is 0.